The van der Waals surface area contributed by atoms with Crippen LogP contribution in [0.5, 0.6) is 5.88 Å². The molecule has 1 aliphatic rings. The Hall–Kier alpha value is -2.89. The molecule has 3 heterocycles. The van der Waals surface area contributed by atoms with Crippen LogP contribution in [-0.4, -0.2) is 51.1 Å². The van der Waals surface area contributed by atoms with Gasteiger partial charge >= 0.3 is 6.18 Å². The summed E-state index contributed by atoms with van der Waals surface area (Å²) in [5.74, 6) is 1.38. The van der Waals surface area contributed by atoms with E-state index in [2.05, 4.69) is 25.7 Å². The third-order valence-corrected chi connectivity index (χ3v) is 3.99. The van der Waals surface area contributed by atoms with Gasteiger partial charge < -0.3 is 20.2 Å². The largest absolute Gasteiger partial charge is 0.475 e. The Bertz CT molecular complexity index is 874. The van der Waals surface area contributed by atoms with Gasteiger partial charge in [-0.3, -0.25) is 9.48 Å². The van der Waals surface area contributed by atoms with Crippen LogP contribution in [0.25, 0.3) is 0 Å². The van der Waals surface area contributed by atoms with E-state index >= 15 is 0 Å². The van der Waals surface area contributed by atoms with E-state index < -0.39 is 12.5 Å². The Labute approximate surface area is 168 Å². The number of ether oxygens (including phenoxy) is 1. The van der Waals surface area contributed by atoms with Crippen LogP contribution in [0.3, 0.4) is 0 Å². The highest BCUT2D eigenvalue weighted by atomic mass is 35.5. The first kappa shape index (κ1) is 22.4. The molecule has 1 unspecified atom stereocenters. The molecule has 158 valence electrons. The molecule has 3 rings (SSSR count). The maximum atomic E-state index is 10.8. The normalized spacial score (nSPS) is 15.9. The third kappa shape index (κ3) is 6.31. The fraction of sp³-hybridized carbons (Fsp3) is 0.438. The first-order valence-electron chi connectivity index (χ1n) is 8.37. The van der Waals surface area contributed by atoms with E-state index in [1.54, 1.807) is 4.68 Å². The molecular formula is C16H18ClF3N6O3. The van der Waals surface area contributed by atoms with Crippen molar-refractivity contribution in [1.82, 2.24) is 19.7 Å². The molecule has 1 atom stereocenters. The number of carbonyl (C=O) groups is 2. The average Bonchev–Trinajstić information content (AvgIpc) is 2.92. The van der Waals surface area contributed by atoms with Crippen molar-refractivity contribution in [3.8, 4) is 5.88 Å². The number of halogens is 4. The molecule has 1 aliphatic heterocycles. The molecule has 0 fully saturated rings. The molecule has 0 spiro atoms. The zero-order valence-electron chi connectivity index (χ0n) is 15.5. The van der Waals surface area contributed by atoms with E-state index in [1.165, 1.54) is 6.20 Å². The van der Waals surface area contributed by atoms with Crippen molar-refractivity contribution in [2.45, 2.75) is 39.0 Å². The molecule has 0 radical (unpaired) electrons. The standard InChI is InChI=1S/C14H17ClN6O2.C2HF3O/c1-8-3-6-23-13-11(9(2)21(20-13)4-5-22)18-14-16-7-10(15)12(17-8)19-14;3-2(4,5)1-6/h5,7-8H,3-4,6H2,1-2H3,(H2,16,17,18,19);1H. The summed E-state index contributed by atoms with van der Waals surface area (Å²) in [6.07, 6.45) is -2.63. The lowest BCUT2D eigenvalue weighted by Gasteiger charge is -2.14. The Balaban J connectivity index is 0.000000438. The molecule has 0 saturated carbocycles. The highest BCUT2D eigenvalue weighted by molar-refractivity contribution is 6.32. The number of nitrogens with one attached hydrogen (secondary N) is 2. The summed E-state index contributed by atoms with van der Waals surface area (Å²) in [7, 11) is 0. The second-order valence-electron chi connectivity index (χ2n) is 5.97. The van der Waals surface area contributed by atoms with E-state index in [-0.39, 0.29) is 12.6 Å². The molecule has 2 aromatic rings. The highest BCUT2D eigenvalue weighted by Gasteiger charge is 2.25. The lowest BCUT2D eigenvalue weighted by atomic mass is 10.2. The van der Waals surface area contributed by atoms with Crippen LogP contribution in [0, 0.1) is 6.92 Å². The summed E-state index contributed by atoms with van der Waals surface area (Å²) >= 11 is 6.13. The Morgan fingerprint density at radius 1 is 1.41 bits per heavy atom. The summed E-state index contributed by atoms with van der Waals surface area (Å²) < 4.78 is 38.6. The summed E-state index contributed by atoms with van der Waals surface area (Å²) in [6, 6.07) is 0.120. The van der Waals surface area contributed by atoms with Gasteiger partial charge in [-0.2, -0.15) is 18.2 Å². The molecule has 2 bridgehead atoms. The smallest absolute Gasteiger partial charge is 0.446 e. The monoisotopic (exact) mass is 434 g/mol. The number of anilines is 3. The fourth-order valence-electron chi connectivity index (χ4n) is 2.29. The number of hydrogen-bond donors (Lipinski definition) is 2. The maximum Gasteiger partial charge on any atom is 0.446 e. The van der Waals surface area contributed by atoms with Gasteiger partial charge in [0.25, 0.3) is 5.88 Å². The molecule has 29 heavy (non-hydrogen) atoms. The Kier molecular flexibility index (Phi) is 7.37. The van der Waals surface area contributed by atoms with Crippen LogP contribution in [0.4, 0.5) is 30.6 Å². The number of aromatic nitrogens is 4. The summed E-state index contributed by atoms with van der Waals surface area (Å²) in [6.45, 7) is 4.50. The molecule has 0 saturated heterocycles. The topological polar surface area (TPSA) is 111 Å². The molecule has 0 aliphatic carbocycles. The number of alkyl halides is 3. The van der Waals surface area contributed by atoms with Gasteiger partial charge in [0.05, 0.1) is 25.0 Å². The van der Waals surface area contributed by atoms with E-state index in [4.69, 9.17) is 21.1 Å². The van der Waals surface area contributed by atoms with Crippen molar-refractivity contribution < 1.29 is 27.5 Å². The minimum absolute atomic E-state index is 0.120. The minimum atomic E-state index is -4.64. The van der Waals surface area contributed by atoms with Crippen LogP contribution in [0.1, 0.15) is 19.0 Å². The zero-order valence-corrected chi connectivity index (χ0v) is 16.2. The van der Waals surface area contributed by atoms with Crippen molar-refractivity contribution in [1.29, 1.82) is 0 Å². The van der Waals surface area contributed by atoms with Crippen molar-refractivity contribution in [2.75, 3.05) is 17.2 Å². The summed E-state index contributed by atoms with van der Waals surface area (Å²) in [5, 5.41) is 11.1. The van der Waals surface area contributed by atoms with Crippen LogP contribution >= 0.6 is 11.6 Å². The molecule has 0 amide bonds. The quantitative estimate of drug-likeness (QED) is 0.694. The van der Waals surface area contributed by atoms with Crippen LogP contribution in [0.2, 0.25) is 5.02 Å². The van der Waals surface area contributed by atoms with Crippen LogP contribution in [0.15, 0.2) is 6.20 Å². The number of rotatable bonds is 2. The second kappa shape index (κ2) is 9.54. The second-order valence-corrected chi connectivity index (χ2v) is 6.38. The SMILES string of the molecule is Cc1c2c(nn1CC=O)OCCC(C)Nc1nc(ncc1Cl)N2.O=CC(F)(F)F. The zero-order chi connectivity index (χ0) is 21.6. The van der Waals surface area contributed by atoms with E-state index in [1.807, 2.05) is 13.8 Å². The van der Waals surface area contributed by atoms with Crippen molar-refractivity contribution >= 4 is 41.6 Å². The lowest BCUT2D eigenvalue weighted by Crippen LogP contribution is -2.19. The molecule has 9 nitrogen and oxygen atoms in total. The van der Waals surface area contributed by atoms with Gasteiger partial charge in [-0.1, -0.05) is 11.6 Å². The van der Waals surface area contributed by atoms with E-state index in [0.717, 1.165) is 18.4 Å². The van der Waals surface area contributed by atoms with Crippen molar-refractivity contribution in [3.63, 3.8) is 0 Å². The number of fused-ring (bicyclic) bond motifs is 3. The average molecular weight is 435 g/mol. The molecule has 13 heteroatoms. The third-order valence-electron chi connectivity index (χ3n) is 3.71. The number of nitrogens with zero attached hydrogens (tertiary/aromatic N) is 4. The number of carbonyl (C=O) groups excluding carboxylic acids is 2. The van der Waals surface area contributed by atoms with E-state index in [0.29, 0.717) is 35.0 Å². The first-order chi connectivity index (χ1) is 13.6. The van der Waals surface area contributed by atoms with Gasteiger partial charge in [0.2, 0.25) is 12.2 Å². The van der Waals surface area contributed by atoms with E-state index in [9.17, 15) is 18.0 Å². The Morgan fingerprint density at radius 3 is 2.72 bits per heavy atom. The van der Waals surface area contributed by atoms with Crippen molar-refractivity contribution in [3.05, 3.63) is 16.9 Å². The lowest BCUT2D eigenvalue weighted by molar-refractivity contribution is -0.156. The van der Waals surface area contributed by atoms with Gasteiger partial charge in [0.1, 0.15) is 17.0 Å². The number of aldehydes is 2. The van der Waals surface area contributed by atoms with Gasteiger partial charge in [-0.25, -0.2) is 4.98 Å². The van der Waals surface area contributed by atoms with Gasteiger partial charge in [0, 0.05) is 12.5 Å². The molecule has 0 aromatic carbocycles. The maximum absolute atomic E-state index is 10.8. The summed E-state index contributed by atoms with van der Waals surface area (Å²) in [4.78, 5) is 28.1. The van der Waals surface area contributed by atoms with Gasteiger partial charge in [-0.05, 0) is 13.8 Å². The van der Waals surface area contributed by atoms with Gasteiger partial charge in [0.15, 0.2) is 5.82 Å². The highest BCUT2D eigenvalue weighted by Crippen LogP contribution is 2.31. The summed E-state index contributed by atoms with van der Waals surface area (Å²) in [5.41, 5.74) is 1.42. The molecule has 2 aromatic heterocycles. The molecular weight excluding hydrogens is 417 g/mol. The molecule has 2 N–H and O–H groups in total. The van der Waals surface area contributed by atoms with Gasteiger partial charge in [-0.15, -0.1) is 5.10 Å². The first-order valence-corrected chi connectivity index (χ1v) is 8.75. The van der Waals surface area contributed by atoms with Crippen molar-refractivity contribution in [2.24, 2.45) is 0 Å². The van der Waals surface area contributed by atoms with Crippen LogP contribution in [-0.2, 0) is 16.1 Å². The fourth-order valence-corrected chi connectivity index (χ4v) is 2.44. The predicted molar refractivity (Wildman–Crippen MR) is 98.7 cm³/mol. The predicted octanol–water partition coefficient (Wildman–Crippen LogP) is 2.91. The number of hydrogen-bond acceptors (Lipinski definition) is 8. The Morgan fingerprint density at radius 2 is 2.10 bits per heavy atom. The van der Waals surface area contributed by atoms with Crippen LogP contribution < -0.4 is 15.4 Å². The minimum Gasteiger partial charge on any atom is -0.475 e.